The first kappa shape index (κ1) is 21.1. The molecule has 0 aromatic heterocycles. The molecule has 0 radical (unpaired) electrons. The zero-order valence-electron chi connectivity index (χ0n) is 17.3. The summed E-state index contributed by atoms with van der Waals surface area (Å²) in [5, 5.41) is 12.6. The molecule has 2 N–H and O–H groups in total. The molecule has 0 bridgehead atoms. The number of nitrogens with one attached hydrogen (secondary N) is 1. The maximum absolute atomic E-state index is 13.0. The van der Waals surface area contributed by atoms with E-state index in [4.69, 9.17) is 4.74 Å². The molecule has 2 atom stereocenters. The lowest BCUT2D eigenvalue weighted by Crippen LogP contribution is -2.45. The normalized spacial score (nSPS) is 19.6. The van der Waals surface area contributed by atoms with Gasteiger partial charge in [-0.05, 0) is 41.5 Å². The molecular formula is C24H29NO4. The Balaban J connectivity index is 1.82. The maximum atomic E-state index is 13.0. The summed E-state index contributed by atoms with van der Waals surface area (Å²) in [7, 11) is 0. The molecule has 1 fully saturated rings. The van der Waals surface area contributed by atoms with Crippen molar-refractivity contribution in [3.63, 3.8) is 0 Å². The van der Waals surface area contributed by atoms with Crippen molar-refractivity contribution < 1.29 is 19.4 Å². The lowest BCUT2D eigenvalue weighted by Gasteiger charge is -2.40. The van der Waals surface area contributed by atoms with Crippen molar-refractivity contribution in [3.8, 4) is 11.1 Å². The van der Waals surface area contributed by atoms with Crippen LogP contribution in [0.4, 0.5) is 0 Å². The lowest BCUT2D eigenvalue weighted by atomic mass is 9.78. The van der Waals surface area contributed by atoms with E-state index in [1.807, 2.05) is 6.07 Å². The van der Waals surface area contributed by atoms with Gasteiger partial charge in [-0.25, -0.2) is 4.79 Å². The van der Waals surface area contributed by atoms with Crippen LogP contribution in [0.1, 0.15) is 54.3 Å². The zero-order chi connectivity index (χ0) is 21.0. The minimum atomic E-state index is -1.01. The number of carbonyl (C=O) groups excluding carboxylic acids is 1. The molecule has 3 rings (SSSR count). The van der Waals surface area contributed by atoms with E-state index in [1.54, 1.807) is 42.5 Å². The Kier molecular flexibility index (Phi) is 6.38. The van der Waals surface area contributed by atoms with Crippen LogP contribution in [0.15, 0.2) is 48.5 Å². The molecule has 0 spiro atoms. The van der Waals surface area contributed by atoms with Gasteiger partial charge in [-0.3, -0.25) is 4.79 Å². The van der Waals surface area contributed by atoms with Gasteiger partial charge >= 0.3 is 5.97 Å². The van der Waals surface area contributed by atoms with Crippen LogP contribution in [0.2, 0.25) is 0 Å². The Labute approximate surface area is 172 Å². The summed E-state index contributed by atoms with van der Waals surface area (Å²) in [6.45, 7) is 7.79. The predicted octanol–water partition coefficient (Wildman–Crippen LogP) is 4.62. The van der Waals surface area contributed by atoms with Gasteiger partial charge < -0.3 is 15.2 Å². The molecule has 1 aliphatic rings. The Morgan fingerprint density at radius 3 is 2.24 bits per heavy atom. The van der Waals surface area contributed by atoms with Crippen molar-refractivity contribution >= 4 is 11.9 Å². The molecule has 1 amide bonds. The molecule has 2 aromatic rings. The number of hydrogen-bond donors (Lipinski definition) is 2. The van der Waals surface area contributed by atoms with Crippen LogP contribution in [0.5, 0.6) is 0 Å². The molecule has 29 heavy (non-hydrogen) atoms. The molecule has 0 saturated carbocycles. The first-order valence-electron chi connectivity index (χ1n) is 10.1. The fraction of sp³-hybridized carbons (Fsp3) is 0.417. The van der Waals surface area contributed by atoms with Crippen LogP contribution in [0.25, 0.3) is 11.1 Å². The summed E-state index contributed by atoms with van der Waals surface area (Å²) >= 11 is 0. The molecule has 1 saturated heterocycles. The smallest absolute Gasteiger partial charge is 0.336 e. The highest BCUT2D eigenvalue weighted by Gasteiger charge is 2.35. The Morgan fingerprint density at radius 2 is 1.62 bits per heavy atom. The second-order valence-corrected chi connectivity index (χ2v) is 8.67. The highest BCUT2D eigenvalue weighted by molar-refractivity contribution is 6.04. The van der Waals surface area contributed by atoms with Crippen molar-refractivity contribution in [1.29, 1.82) is 0 Å². The third kappa shape index (κ3) is 4.85. The number of rotatable bonds is 5. The van der Waals surface area contributed by atoms with E-state index in [-0.39, 0.29) is 28.9 Å². The summed E-state index contributed by atoms with van der Waals surface area (Å²) in [6, 6.07) is 13.9. The number of carboxylic acid groups (broad SMARTS) is 1. The largest absolute Gasteiger partial charge is 0.478 e. The average molecular weight is 395 g/mol. The van der Waals surface area contributed by atoms with Crippen LogP contribution >= 0.6 is 0 Å². The van der Waals surface area contributed by atoms with Gasteiger partial charge in [0, 0.05) is 24.6 Å². The van der Waals surface area contributed by atoms with Crippen molar-refractivity contribution in [3.05, 3.63) is 59.7 Å². The predicted molar refractivity (Wildman–Crippen MR) is 113 cm³/mol. The minimum absolute atomic E-state index is 0.00808. The maximum Gasteiger partial charge on any atom is 0.336 e. The number of carbonyl (C=O) groups is 2. The van der Waals surface area contributed by atoms with E-state index in [1.165, 1.54) is 0 Å². The van der Waals surface area contributed by atoms with E-state index in [0.29, 0.717) is 23.2 Å². The fourth-order valence-electron chi connectivity index (χ4n) is 4.15. The van der Waals surface area contributed by atoms with Crippen LogP contribution < -0.4 is 5.32 Å². The number of amides is 1. The summed E-state index contributed by atoms with van der Waals surface area (Å²) in [5.74, 6) is -0.951. The van der Waals surface area contributed by atoms with Crippen LogP contribution in [-0.2, 0) is 4.74 Å². The molecular weight excluding hydrogens is 366 g/mol. The summed E-state index contributed by atoms with van der Waals surface area (Å²) in [6.07, 6.45) is 2.11. The van der Waals surface area contributed by atoms with Crippen molar-refractivity contribution in [2.24, 2.45) is 11.3 Å². The Morgan fingerprint density at radius 1 is 1.03 bits per heavy atom. The quantitative estimate of drug-likeness (QED) is 0.774. The van der Waals surface area contributed by atoms with E-state index >= 15 is 0 Å². The highest BCUT2D eigenvalue weighted by atomic mass is 16.5. The first-order chi connectivity index (χ1) is 13.8. The van der Waals surface area contributed by atoms with Gasteiger partial charge in [-0.15, -0.1) is 0 Å². The number of benzene rings is 2. The molecule has 5 heteroatoms. The second-order valence-electron chi connectivity index (χ2n) is 8.67. The van der Waals surface area contributed by atoms with Crippen LogP contribution in [-0.4, -0.2) is 36.2 Å². The average Bonchev–Trinajstić information content (AvgIpc) is 2.71. The third-order valence-corrected chi connectivity index (χ3v) is 5.44. The van der Waals surface area contributed by atoms with E-state index in [9.17, 15) is 14.7 Å². The third-order valence-electron chi connectivity index (χ3n) is 5.44. The Hall–Kier alpha value is -2.66. The first-order valence-corrected chi connectivity index (χ1v) is 10.1. The minimum Gasteiger partial charge on any atom is -0.478 e. The zero-order valence-corrected chi connectivity index (χ0v) is 17.3. The Bertz CT molecular complexity index is 884. The summed E-state index contributed by atoms with van der Waals surface area (Å²) in [5.41, 5.74) is 1.83. The van der Waals surface area contributed by atoms with Crippen LogP contribution in [0, 0.1) is 11.3 Å². The number of hydrogen-bond acceptors (Lipinski definition) is 3. The van der Waals surface area contributed by atoms with E-state index < -0.39 is 5.97 Å². The molecule has 2 aromatic carbocycles. The van der Waals surface area contributed by atoms with E-state index in [2.05, 4.69) is 26.1 Å². The molecule has 1 aliphatic heterocycles. The van der Waals surface area contributed by atoms with Crippen LogP contribution in [0.3, 0.4) is 0 Å². The standard InChI is InChI=1S/C24H29NO4/c1-24(2,3)21-16(9-8-14-29-21)15-25-22(26)19-12-6-4-10-17(19)18-11-5-7-13-20(18)23(27)28/h4-7,10-13,16,21H,8-9,14-15H2,1-3H3,(H,25,26)(H,27,28). The SMILES string of the molecule is CC(C)(C)C1OCCCC1CNC(=O)c1ccccc1-c1ccccc1C(=O)O. The second kappa shape index (κ2) is 8.78. The van der Waals surface area contributed by atoms with Crippen molar-refractivity contribution in [2.75, 3.05) is 13.2 Å². The van der Waals surface area contributed by atoms with Gasteiger partial charge in [0.05, 0.1) is 11.7 Å². The molecule has 0 aliphatic carbocycles. The molecule has 5 nitrogen and oxygen atoms in total. The van der Waals surface area contributed by atoms with Gasteiger partial charge in [-0.2, -0.15) is 0 Å². The van der Waals surface area contributed by atoms with Gasteiger partial charge in [0.1, 0.15) is 0 Å². The summed E-state index contributed by atoms with van der Waals surface area (Å²) < 4.78 is 6.01. The lowest BCUT2D eigenvalue weighted by molar-refractivity contribution is -0.0839. The van der Waals surface area contributed by atoms with Gasteiger partial charge in [-0.1, -0.05) is 57.2 Å². The highest BCUT2D eigenvalue weighted by Crippen LogP contribution is 2.34. The summed E-state index contributed by atoms with van der Waals surface area (Å²) in [4.78, 5) is 24.6. The number of ether oxygens (including phenoxy) is 1. The molecule has 2 unspecified atom stereocenters. The fourth-order valence-corrected chi connectivity index (χ4v) is 4.15. The van der Waals surface area contributed by atoms with E-state index in [0.717, 1.165) is 19.4 Å². The van der Waals surface area contributed by atoms with Crippen molar-refractivity contribution in [1.82, 2.24) is 5.32 Å². The molecule has 154 valence electrons. The van der Waals surface area contributed by atoms with Gasteiger partial charge in [0.2, 0.25) is 0 Å². The van der Waals surface area contributed by atoms with Gasteiger partial charge in [0.15, 0.2) is 0 Å². The molecule has 1 heterocycles. The number of aromatic carboxylic acids is 1. The van der Waals surface area contributed by atoms with Gasteiger partial charge in [0.25, 0.3) is 5.91 Å². The monoisotopic (exact) mass is 395 g/mol. The topological polar surface area (TPSA) is 75.6 Å². The van der Waals surface area contributed by atoms with Crippen molar-refractivity contribution in [2.45, 2.75) is 39.7 Å². The number of carboxylic acids is 1.